The second kappa shape index (κ2) is 7.93. The van der Waals surface area contributed by atoms with E-state index < -0.39 is 24.2 Å². The molecular formula is Cl7IrRh. The maximum absolute atomic E-state index is 5.01. The standard InChI is InChI=1S/7ClH.Ir.Rh/h7*1H;;/q;;;;;;;+4;+3/p-7. The Morgan fingerprint density at radius 3 is 0.778 bits per heavy atom. The number of halogens is 7. The summed E-state index contributed by atoms with van der Waals surface area (Å²) in [5, 5.41) is 0. The van der Waals surface area contributed by atoms with Crippen LogP contribution in [0.3, 0.4) is 0 Å². The van der Waals surface area contributed by atoms with E-state index in [4.69, 9.17) is 67.4 Å². The summed E-state index contributed by atoms with van der Waals surface area (Å²) in [7, 11) is 34.9. The molecule has 0 N–H and O–H groups in total. The van der Waals surface area contributed by atoms with Crippen molar-refractivity contribution in [3.63, 3.8) is 0 Å². The molecule has 0 aliphatic rings. The fraction of sp³-hybridized carbons (Fsp3) is 0. The number of hydrogen-bond acceptors (Lipinski definition) is 0. The summed E-state index contributed by atoms with van der Waals surface area (Å²) < 4.78 is 0. The molecule has 0 unspecified atom stereocenters. The van der Waals surface area contributed by atoms with Crippen molar-refractivity contribution in [2.75, 3.05) is 0 Å². The van der Waals surface area contributed by atoms with Crippen LogP contribution in [0.5, 0.6) is 0 Å². The van der Waals surface area contributed by atoms with Crippen molar-refractivity contribution in [1.82, 2.24) is 0 Å². The summed E-state index contributed by atoms with van der Waals surface area (Å²) in [5.41, 5.74) is 0. The van der Waals surface area contributed by atoms with Crippen LogP contribution in [-0.2, 0) is 24.2 Å². The molecule has 0 aromatic rings. The molecule has 0 atom stereocenters. The van der Waals surface area contributed by atoms with E-state index in [-0.39, 0.29) is 0 Å². The fourth-order valence-electron chi connectivity index (χ4n) is 0. The van der Waals surface area contributed by atoms with Gasteiger partial charge < -0.3 is 0 Å². The Bertz CT molecular complexity index is 45.7. The maximum atomic E-state index is 5.01. The van der Waals surface area contributed by atoms with E-state index in [1.54, 1.807) is 0 Å². The Morgan fingerprint density at radius 2 is 0.778 bits per heavy atom. The van der Waals surface area contributed by atoms with Gasteiger partial charge in [-0.1, -0.05) is 0 Å². The van der Waals surface area contributed by atoms with Crippen LogP contribution in [0.2, 0.25) is 0 Å². The van der Waals surface area contributed by atoms with Crippen LogP contribution in [-0.4, -0.2) is 0 Å². The average molecular weight is 543 g/mol. The summed E-state index contributed by atoms with van der Waals surface area (Å²) in [6.07, 6.45) is 0. The zero-order chi connectivity index (χ0) is 8.08. The second-order valence-corrected chi connectivity index (χ2v) is 28.7. The van der Waals surface area contributed by atoms with Gasteiger partial charge in [0, 0.05) is 0 Å². The van der Waals surface area contributed by atoms with Crippen LogP contribution in [0.25, 0.3) is 0 Å². The van der Waals surface area contributed by atoms with Gasteiger partial charge in [0.05, 0.1) is 0 Å². The van der Waals surface area contributed by atoms with E-state index in [2.05, 4.69) is 0 Å². The molecule has 0 fully saturated rings. The third kappa shape index (κ3) is 89.7. The minimum atomic E-state index is -3.11. The van der Waals surface area contributed by atoms with Crippen molar-refractivity contribution in [3.8, 4) is 0 Å². The van der Waals surface area contributed by atoms with Gasteiger partial charge >= 0.3 is 91.6 Å². The van der Waals surface area contributed by atoms with Crippen LogP contribution < -0.4 is 0 Å². The van der Waals surface area contributed by atoms with E-state index in [0.29, 0.717) is 0 Å². The third-order valence-electron chi connectivity index (χ3n) is 0. The van der Waals surface area contributed by atoms with Gasteiger partial charge in [0.2, 0.25) is 0 Å². The molecule has 9 heteroatoms. The quantitative estimate of drug-likeness (QED) is 0.385. The van der Waals surface area contributed by atoms with Crippen LogP contribution in [0.1, 0.15) is 0 Å². The summed E-state index contributed by atoms with van der Waals surface area (Å²) in [6, 6.07) is 0. The fourth-order valence-corrected chi connectivity index (χ4v) is 0. The van der Waals surface area contributed by atoms with E-state index in [1.165, 1.54) is 0 Å². The first-order chi connectivity index (χ1) is 3.73. The van der Waals surface area contributed by atoms with Gasteiger partial charge in [-0.3, -0.25) is 0 Å². The molecule has 0 bridgehead atoms. The molecule has 0 aliphatic carbocycles. The van der Waals surface area contributed by atoms with Gasteiger partial charge in [0.15, 0.2) is 0 Å². The molecule has 0 saturated heterocycles. The monoisotopic (exact) mass is 541 g/mol. The predicted octanol–water partition coefficient (Wildman–Crippen LogP) is 4.82. The van der Waals surface area contributed by atoms with Crippen LogP contribution in [0.15, 0.2) is 0 Å². The van der Waals surface area contributed by atoms with Crippen molar-refractivity contribution in [2.45, 2.75) is 0 Å². The molecule has 0 aliphatic heterocycles. The van der Waals surface area contributed by atoms with Gasteiger partial charge in [-0.2, -0.15) is 0 Å². The van der Waals surface area contributed by atoms with Gasteiger partial charge in [-0.05, 0) is 0 Å². The van der Waals surface area contributed by atoms with Crippen molar-refractivity contribution in [1.29, 1.82) is 0 Å². The summed E-state index contributed by atoms with van der Waals surface area (Å²) >= 11 is -4.77. The van der Waals surface area contributed by atoms with Crippen molar-refractivity contribution >= 4 is 67.4 Å². The Morgan fingerprint density at radius 1 is 0.778 bits per heavy atom. The van der Waals surface area contributed by atoms with Crippen molar-refractivity contribution in [3.05, 3.63) is 0 Å². The number of rotatable bonds is 0. The van der Waals surface area contributed by atoms with Gasteiger partial charge in [-0.25, -0.2) is 0 Å². The van der Waals surface area contributed by atoms with E-state index in [1.807, 2.05) is 0 Å². The van der Waals surface area contributed by atoms with Crippen molar-refractivity contribution in [2.24, 2.45) is 0 Å². The normalized spacial score (nSPS) is 13.4. The van der Waals surface area contributed by atoms with Gasteiger partial charge in [0.1, 0.15) is 0 Å². The molecule has 0 rings (SSSR count). The second-order valence-electron chi connectivity index (χ2n) is 0.429. The first-order valence-corrected chi connectivity index (χ1v) is 19.1. The summed E-state index contributed by atoms with van der Waals surface area (Å²) in [6.45, 7) is 0. The average Bonchev–Trinajstić information content (AvgIpc) is 1.19. The summed E-state index contributed by atoms with van der Waals surface area (Å²) in [5.74, 6) is 0. The van der Waals surface area contributed by atoms with E-state index in [9.17, 15) is 0 Å². The molecule has 0 spiro atoms. The molecule has 0 heterocycles. The topological polar surface area (TPSA) is 0 Å². The zero-order valence-electron chi connectivity index (χ0n) is 3.31. The minimum absolute atomic E-state index is 1.66. The molecule has 0 aromatic carbocycles. The Labute approximate surface area is 90.0 Å². The zero-order valence-corrected chi connectivity index (χ0v) is 12.6. The molecule has 9 heavy (non-hydrogen) atoms. The van der Waals surface area contributed by atoms with Crippen LogP contribution in [0.4, 0.5) is 0 Å². The predicted molar refractivity (Wildman–Crippen MR) is 41.0 cm³/mol. The van der Waals surface area contributed by atoms with Crippen molar-refractivity contribution < 1.29 is 24.2 Å². The Hall–Kier alpha value is 3.30. The van der Waals surface area contributed by atoms with Crippen LogP contribution in [0, 0.1) is 0 Å². The van der Waals surface area contributed by atoms with E-state index in [0.717, 1.165) is 0 Å². The molecule has 0 saturated carbocycles. The third-order valence-corrected chi connectivity index (χ3v) is 0. The van der Waals surface area contributed by atoms with E-state index >= 15 is 0 Å². The molecule has 0 radical (unpaired) electrons. The Balaban J connectivity index is 0. The molecule has 67 valence electrons. The molecule has 0 nitrogen and oxygen atoms in total. The SMILES string of the molecule is [Cl][Ir]([Cl])([Cl])[Cl].[Cl][Rh]([Cl])[Cl]. The first-order valence-electron chi connectivity index (χ1n) is 0.882. The first kappa shape index (κ1) is 14.8. The summed E-state index contributed by atoms with van der Waals surface area (Å²) in [4.78, 5) is 0. The molecular weight excluding hydrogens is 543 g/mol. The Kier molecular flexibility index (Phi) is 13.0. The van der Waals surface area contributed by atoms with Gasteiger partial charge in [0.25, 0.3) is 0 Å². The number of hydrogen-bond donors (Lipinski definition) is 0. The van der Waals surface area contributed by atoms with Crippen LogP contribution >= 0.6 is 67.4 Å². The van der Waals surface area contributed by atoms with Gasteiger partial charge in [-0.15, -0.1) is 0 Å². The molecule has 0 aromatic heterocycles. The molecule has 0 amide bonds.